The maximum Gasteiger partial charge on any atom is 0.323 e. The summed E-state index contributed by atoms with van der Waals surface area (Å²) in [6.07, 6.45) is 4.07. The number of aliphatic carboxylic acids is 1. The summed E-state index contributed by atoms with van der Waals surface area (Å²) >= 11 is 0. The van der Waals surface area contributed by atoms with Crippen LogP contribution in [0.5, 0.6) is 0 Å². The van der Waals surface area contributed by atoms with E-state index in [-0.39, 0.29) is 0 Å². The first-order chi connectivity index (χ1) is 9.40. The lowest BCUT2D eigenvalue weighted by atomic mass is 9.92. The van der Waals surface area contributed by atoms with Crippen LogP contribution in [-0.2, 0) is 4.79 Å². The molecule has 2 atom stereocenters. The molecule has 5 heteroatoms. The van der Waals surface area contributed by atoms with E-state index in [0.29, 0.717) is 18.5 Å². The molecule has 2 fully saturated rings. The van der Waals surface area contributed by atoms with Crippen LogP contribution in [-0.4, -0.2) is 71.7 Å². The van der Waals surface area contributed by atoms with E-state index in [2.05, 4.69) is 29.1 Å². The number of hydrogen-bond donors (Lipinski definition) is 2. The molecule has 0 aromatic carbocycles. The molecule has 1 aliphatic heterocycles. The normalized spacial score (nSPS) is 26.8. The molecule has 0 aromatic rings. The van der Waals surface area contributed by atoms with Gasteiger partial charge in [-0.2, -0.15) is 0 Å². The van der Waals surface area contributed by atoms with Crippen molar-refractivity contribution in [2.45, 2.75) is 57.2 Å². The number of carbonyl (C=O) groups is 1. The molecule has 1 saturated carbocycles. The molecule has 0 bridgehead atoms. The van der Waals surface area contributed by atoms with E-state index in [9.17, 15) is 9.90 Å². The average molecular weight is 283 g/mol. The average Bonchev–Trinajstić information content (AvgIpc) is 3.17. The number of rotatable bonds is 6. The van der Waals surface area contributed by atoms with E-state index in [4.69, 9.17) is 0 Å². The fourth-order valence-electron chi connectivity index (χ4n) is 3.11. The van der Waals surface area contributed by atoms with Gasteiger partial charge in [0.25, 0.3) is 0 Å². The third kappa shape index (κ3) is 4.17. The Hall–Kier alpha value is -0.650. The number of nitrogens with one attached hydrogen (secondary N) is 1. The second-order valence-corrected chi connectivity index (χ2v) is 6.80. The molecule has 2 aliphatic rings. The molecule has 2 N–H and O–H groups in total. The number of hydrogen-bond acceptors (Lipinski definition) is 4. The van der Waals surface area contributed by atoms with E-state index in [1.54, 1.807) is 0 Å². The van der Waals surface area contributed by atoms with Crippen LogP contribution < -0.4 is 5.32 Å². The van der Waals surface area contributed by atoms with Gasteiger partial charge in [-0.15, -0.1) is 0 Å². The Morgan fingerprint density at radius 1 is 1.35 bits per heavy atom. The molecule has 1 saturated heterocycles. The molecule has 0 aromatic heterocycles. The van der Waals surface area contributed by atoms with Gasteiger partial charge in [0.1, 0.15) is 5.54 Å². The fourth-order valence-corrected chi connectivity index (χ4v) is 3.11. The van der Waals surface area contributed by atoms with Gasteiger partial charge in [0.2, 0.25) is 0 Å². The third-order valence-corrected chi connectivity index (χ3v) is 4.65. The zero-order valence-electron chi connectivity index (χ0n) is 13.1. The maximum absolute atomic E-state index is 11.6. The molecule has 2 unspecified atom stereocenters. The van der Waals surface area contributed by atoms with Crippen LogP contribution in [0.2, 0.25) is 0 Å². The first-order valence-corrected chi connectivity index (χ1v) is 7.84. The van der Waals surface area contributed by atoms with Crippen molar-refractivity contribution in [3.63, 3.8) is 0 Å². The SMILES string of the molecule is CC(CC(C)(NC1CC1)C(=O)O)N1CCCN(C)CC1. The molecule has 5 nitrogen and oxygen atoms in total. The zero-order chi connectivity index (χ0) is 14.8. The van der Waals surface area contributed by atoms with Gasteiger partial charge < -0.3 is 10.0 Å². The molecule has 1 heterocycles. The predicted octanol–water partition coefficient (Wildman–Crippen LogP) is 0.998. The summed E-state index contributed by atoms with van der Waals surface area (Å²) in [5, 5.41) is 12.9. The Balaban J connectivity index is 1.92. The van der Waals surface area contributed by atoms with Crippen LogP contribution in [0.3, 0.4) is 0 Å². The molecule has 0 spiro atoms. The minimum atomic E-state index is -0.793. The minimum Gasteiger partial charge on any atom is -0.480 e. The van der Waals surface area contributed by atoms with Gasteiger partial charge in [0, 0.05) is 25.2 Å². The van der Waals surface area contributed by atoms with Gasteiger partial charge in [-0.25, -0.2) is 0 Å². The number of carboxylic acids is 1. The second-order valence-electron chi connectivity index (χ2n) is 6.80. The van der Waals surface area contributed by atoms with Crippen LogP contribution in [0, 0.1) is 0 Å². The van der Waals surface area contributed by atoms with Gasteiger partial charge in [-0.3, -0.25) is 15.0 Å². The van der Waals surface area contributed by atoms with Crippen molar-refractivity contribution in [2.24, 2.45) is 0 Å². The summed E-state index contributed by atoms with van der Waals surface area (Å²) < 4.78 is 0. The van der Waals surface area contributed by atoms with E-state index in [1.807, 2.05) is 6.92 Å². The summed E-state index contributed by atoms with van der Waals surface area (Å²) in [7, 11) is 2.16. The summed E-state index contributed by atoms with van der Waals surface area (Å²) in [6.45, 7) is 8.33. The van der Waals surface area contributed by atoms with E-state index in [1.165, 1.54) is 6.42 Å². The highest BCUT2D eigenvalue weighted by Crippen LogP contribution is 2.26. The summed E-state index contributed by atoms with van der Waals surface area (Å²) in [5.41, 5.74) is -0.793. The molecule has 116 valence electrons. The molecule has 1 aliphatic carbocycles. The van der Waals surface area contributed by atoms with Crippen LogP contribution in [0.1, 0.15) is 39.5 Å². The first kappa shape index (κ1) is 15.7. The summed E-state index contributed by atoms with van der Waals surface area (Å²) in [5.74, 6) is -0.719. The smallest absolute Gasteiger partial charge is 0.323 e. The van der Waals surface area contributed by atoms with Crippen LogP contribution >= 0.6 is 0 Å². The highest BCUT2D eigenvalue weighted by atomic mass is 16.4. The Labute approximate surface area is 122 Å². The van der Waals surface area contributed by atoms with Gasteiger partial charge >= 0.3 is 5.97 Å². The van der Waals surface area contributed by atoms with Gasteiger partial charge in [-0.05, 0) is 59.7 Å². The van der Waals surface area contributed by atoms with Crippen molar-refractivity contribution in [3.8, 4) is 0 Å². The lowest BCUT2D eigenvalue weighted by Crippen LogP contribution is -2.54. The number of carboxylic acid groups (broad SMARTS) is 1. The van der Waals surface area contributed by atoms with Crippen LogP contribution in [0.15, 0.2) is 0 Å². The van der Waals surface area contributed by atoms with Gasteiger partial charge in [0.15, 0.2) is 0 Å². The summed E-state index contributed by atoms with van der Waals surface area (Å²) in [6, 6.07) is 0.715. The van der Waals surface area contributed by atoms with Gasteiger partial charge in [0.05, 0.1) is 0 Å². The van der Waals surface area contributed by atoms with E-state index in [0.717, 1.165) is 39.0 Å². The largest absolute Gasteiger partial charge is 0.480 e. The van der Waals surface area contributed by atoms with Crippen molar-refractivity contribution in [1.82, 2.24) is 15.1 Å². The highest BCUT2D eigenvalue weighted by Gasteiger charge is 2.40. The topological polar surface area (TPSA) is 55.8 Å². The van der Waals surface area contributed by atoms with Crippen molar-refractivity contribution < 1.29 is 9.90 Å². The van der Waals surface area contributed by atoms with E-state index >= 15 is 0 Å². The van der Waals surface area contributed by atoms with Crippen molar-refractivity contribution >= 4 is 5.97 Å². The Kier molecular flexibility index (Phi) is 5.04. The Morgan fingerprint density at radius 2 is 2.05 bits per heavy atom. The third-order valence-electron chi connectivity index (χ3n) is 4.65. The highest BCUT2D eigenvalue weighted by molar-refractivity contribution is 5.78. The quantitative estimate of drug-likeness (QED) is 0.761. The molecule has 0 radical (unpaired) electrons. The van der Waals surface area contributed by atoms with Crippen molar-refractivity contribution in [3.05, 3.63) is 0 Å². The monoisotopic (exact) mass is 283 g/mol. The van der Waals surface area contributed by atoms with Crippen LogP contribution in [0.4, 0.5) is 0 Å². The maximum atomic E-state index is 11.6. The first-order valence-electron chi connectivity index (χ1n) is 7.84. The standard InChI is InChI=1S/C15H29N3O2/c1-12(18-8-4-7-17(3)9-10-18)11-15(2,14(19)20)16-13-5-6-13/h12-13,16H,4-11H2,1-3H3,(H,19,20). The Morgan fingerprint density at radius 3 is 2.65 bits per heavy atom. The Bertz CT molecular complexity index is 346. The minimum absolute atomic E-state index is 0.300. The molecule has 20 heavy (non-hydrogen) atoms. The predicted molar refractivity (Wildman–Crippen MR) is 80.0 cm³/mol. The molecule has 0 amide bonds. The summed E-state index contributed by atoms with van der Waals surface area (Å²) in [4.78, 5) is 16.4. The zero-order valence-corrected chi connectivity index (χ0v) is 13.1. The van der Waals surface area contributed by atoms with Gasteiger partial charge in [-0.1, -0.05) is 0 Å². The fraction of sp³-hybridized carbons (Fsp3) is 0.933. The van der Waals surface area contributed by atoms with Crippen LogP contribution in [0.25, 0.3) is 0 Å². The second kappa shape index (κ2) is 6.41. The van der Waals surface area contributed by atoms with Crippen molar-refractivity contribution in [2.75, 3.05) is 33.2 Å². The van der Waals surface area contributed by atoms with Crippen molar-refractivity contribution in [1.29, 1.82) is 0 Å². The lowest BCUT2D eigenvalue weighted by molar-refractivity contribution is -0.145. The number of nitrogens with zero attached hydrogens (tertiary/aromatic N) is 2. The lowest BCUT2D eigenvalue weighted by Gasteiger charge is -2.35. The molecular weight excluding hydrogens is 254 g/mol. The molecule has 2 rings (SSSR count). The number of likely N-dealkylation sites (N-methyl/N-ethyl adjacent to an activating group) is 1. The molecular formula is C15H29N3O2. The van der Waals surface area contributed by atoms with E-state index < -0.39 is 11.5 Å².